The summed E-state index contributed by atoms with van der Waals surface area (Å²) in [6, 6.07) is 6.33. The third kappa shape index (κ3) is 4.34. The second kappa shape index (κ2) is 7.39. The van der Waals surface area contributed by atoms with Crippen LogP contribution in [0.3, 0.4) is 0 Å². The number of halogens is 4. The van der Waals surface area contributed by atoms with Crippen molar-refractivity contribution in [3.8, 4) is 16.9 Å². The molecule has 0 aliphatic heterocycles. The van der Waals surface area contributed by atoms with Crippen LogP contribution < -0.4 is 15.8 Å². The van der Waals surface area contributed by atoms with Gasteiger partial charge in [0.15, 0.2) is 0 Å². The number of hydrogen-bond acceptors (Lipinski definition) is 6. The van der Waals surface area contributed by atoms with E-state index < -0.39 is 18.0 Å². The van der Waals surface area contributed by atoms with Crippen LogP contribution in [0.25, 0.3) is 11.1 Å². The summed E-state index contributed by atoms with van der Waals surface area (Å²) in [6.45, 7) is 1.60. The van der Waals surface area contributed by atoms with Crippen molar-refractivity contribution < 1.29 is 27.2 Å². The zero-order chi connectivity index (χ0) is 20.5. The van der Waals surface area contributed by atoms with Crippen LogP contribution in [0, 0.1) is 6.92 Å². The minimum Gasteiger partial charge on any atom is -0.406 e. The second-order valence-electron chi connectivity index (χ2n) is 5.59. The van der Waals surface area contributed by atoms with Gasteiger partial charge in [0.1, 0.15) is 29.2 Å². The molecule has 11 heteroatoms. The molecule has 0 aliphatic carbocycles. The van der Waals surface area contributed by atoms with E-state index in [4.69, 9.17) is 21.9 Å². The Labute approximate surface area is 161 Å². The van der Waals surface area contributed by atoms with E-state index >= 15 is 0 Å². The molecule has 146 valence electrons. The highest BCUT2D eigenvalue weighted by atomic mass is 35.5. The van der Waals surface area contributed by atoms with Crippen LogP contribution in [0.5, 0.6) is 5.75 Å². The molecular weight excluding hydrogens is 401 g/mol. The third-order valence-electron chi connectivity index (χ3n) is 3.62. The number of rotatable bonds is 4. The molecule has 0 unspecified atom stereocenters. The predicted octanol–water partition coefficient (Wildman–Crippen LogP) is 4.43. The number of pyridine rings is 1. The van der Waals surface area contributed by atoms with Crippen LogP contribution in [0.2, 0.25) is 5.02 Å². The number of amides is 1. The fourth-order valence-electron chi connectivity index (χ4n) is 2.37. The summed E-state index contributed by atoms with van der Waals surface area (Å²) in [7, 11) is 0. The van der Waals surface area contributed by atoms with Crippen LogP contribution in [0.1, 0.15) is 16.1 Å². The van der Waals surface area contributed by atoms with Gasteiger partial charge in [-0.2, -0.15) is 0 Å². The van der Waals surface area contributed by atoms with E-state index in [0.29, 0.717) is 5.69 Å². The topological polar surface area (TPSA) is 103 Å². The Morgan fingerprint density at radius 1 is 1.25 bits per heavy atom. The number of nitrogens with two attached hydrogens (primary N) is 1. The first-order chi connectivity index (χ1) is 13.1. The van der Waals surface area contributed by atoms with Crippen molar-refractivity contribution in [1.29, 1.82) is 0 Å². The Bertz CT molecular complexity index is 1040. The van der Waals surface area contributed by atoms with Crippen LogP contribution in [0.4, 0.5) is 24.8 Å². The average molecular weight is 413 g/mol. The van der Waals surface area contributed by atoms with Crippen molar-refractivity contribution in [3.05, 3.63) is 52.9 Å². The largest absolute Gasteiger partial charge is 0.573 e. The number of carbonyl (C=O) groups excluding carboxylic acids is 1. The molecule has 0 radical (unpaired) electrons. The summed E-state index contributed by atoms with van der Waals surface area (Å²) in [5.41, 5.74) is 7.00. The highest BCUT2D eigenvalue weighted by Gasteiger charge is 2.31. The predicted molar refractivity (Wildman–Crippen MR) is 95.0 cm³/mol. The third-order valence-corrected chi connectivity index (χ3v) is 3.95. The summed E-state index contributed by atoms with van der Waals surface area (Å²) < 4.78 is 45.9. The molecule has 3 aromatic rings. The number of ether oxygens (including phenoxy) is 1. The first-order valence-electron chi connectivity index (χ1n) is 7.68. The minimum absolute atomic E-state index is 0.0501. The van der Waals surface area contributed by atoms with Crippen molar-refractivity contribution in [2.75, 3.05) is 11.1 Å². The maximum absolute atomic E-state index is 12.4. The van der Waals surface area contributed by atoms with Gasteiger partial charge >= 0.3 is 6.36 Å². The normalized spacial score (nSPS) is 11.3. The van der Waals surface area contributed by atoms with Gasteiger partial charge in [-0.05, 0) is 37.3 Å². The zero-order valence-corrected chi connectivity index (χ0v) is 14.9. The SMILES string of the molecule is Cc1nocc1C(=O)Nc1ccc(-c2cc(OC(F)(F)F)ccc2Cl)c(N)n1. The maximum Gasteiger partial charge on any atom is 0.573 e. The molecular formula is C17H12ClF3N4O3. The molecule has 3 N–H and O–H groups in total. The molecule has 3 rings (SSSR count). The van der Waals surface area contributed by atoms with Crippen molar-refractivity contribution in [3.63, 3.8) is 0 Å². The van der Waals surface area contributed by atoms with Crippen molar-refractivity contribution >= 4 is 29.1 Å². The highest BCUT2D eigenvalue weighted by Crippen LogP contribution is 2.36. The van der Waals surface area contributed by atoms with E-state index in [1.54, 1.807) is 6.92 Å². The quantitative estimate of drug-likeness (QED) is 0.657. The lowest BCUT2D eigenvalue weighted by atomic mass is 10.1. The standard InChI is InChI=1S/C17H12ClF3N4O3/c1-8-12(7-27-25-8)16(26)24-14-5-3-10(15(22)23-14)11-6-9(2-4-13(11)18)28-17(19,20)21/h2-7H,1H3,(H3,22,23,24,26). The number of carbonyl (C=O) groups is 1. The summed E-state index contributed by atoms with van der Waals surface area (Å²) in [5.74, 6) is -0.875. The van der Waals surface area contributed by atoms with Crippen molar-refractivity contribution in [1.82, 2.24) is 10.1 Å². The summed E-state index contributed by atoms with van der Waals surface area (Å²) in [6.07, 6.45) is -3.66. The first-order valence-corrected chi connectivity index (χ1v) is 8.06. The number of anilines is 2. The molecule has 0 saturated carbocycles. The summed E-state index contributed by atoms with van der Waals surface area (Å²) in [5, 5.41) is 6.28. The van der Waals surface area contributed by atoms with Gasteiger partial charge in [0.2, 0.25) is 0 Å². The van der Waals surface area contributed by atoms with Gasteiger partial charge in [-0.15, -0.1) is 13.2 Å². The zero-order valence-electron chi connectivity index (χ0n) is 14.2. The number of benzene rings is 1. The Kier molecular flexibility index (Phi) is 5.14. The molecule has 7 nitrogen and oxygen atoms in total. The molecule has 0 aliphatic rings. The van der Waals surface area contributed by atoms with E-state index in [1.165, 1.54) is 24.5 Å². The van der Waals surface area contributed by atoms with E-state index in [2.05, 4.69) is 20.2 Å². The first kappa shape index (κ1) is 19.5. The van der Waals surface area contributed by atoms with Crippen molar-refractivity contribution in [2.45, 2.75) is 13.3 Å². The number of nitrogens with one attached hydrogen (secondary N) is 1. The monoisotopic (exact) mass is 412 g/mol. The number of alkyl halides is 3. The molecule has 0 bridgehead atoms. The molecule has 1 amide bonds. The number of hydrogen-bond donors (Lipinski definition) is 2. The Balaban J connectivity index is 1.87. The summed E-state index contributed by atoms with van der Waals surface area (Å²) in [4.78, 5) is 16.2. The number of nitrogen functional groups attached to an aromatic ring is 1. The van der Waals surface area contributed by atoms with Gasteiger partial charge < -0.3 is 20.3 Å². The lowest BCUT2D eigenvalue weighted by molar-refractivity contribution is -0.274. The number of aromatic nitrogens is 2. The minimum atomic E-state index is -4.84. The molecule has 0 spiro atoms. The van der Waals surface area contributed by atoms with Gasteiger partial charge in [-0.1, -0.05) is 16.8 Å². The summed E-state index contributed by atoms with van der Waals surface area (Å²) >= 11 is 6.08. The molecule has 2 heterocycles. The van der Waals surface area contributed by atoms with Crippen LogP contribution in [-0.2, 0) is 0 Å². The number of nitrogens with zero attached hydrogens (tertiary/aromatic N) is 2. The molecule has 0 saturated heterocycles. The van der Waals surface area contributed by atoms with Gasteiger partial charge in [0.05, 0.1) is 5.69 Å². The van der Waals surface area contributed by atoms with E-state index in [1.807, 2.05) is 0 Å². The Morgan fingerprint density at radius 2 is 2.00 bits per heavy atom. The molecule has 1 aromatic carbocycles. The molecule has 28 heavy (non-hydrogen) atoms. The Morgan fingerprint density at radius 3 is 2.61 bits per heavy atom. The van der Waals surface area contributed by atoms with Gasteiger partial charge in [-0.25, -0.2) is 4.98 Å². The van der Waals surface area contributed by atoms with E-state index in [-0.39, 0.29) is 33.3 Å². The highest BCUT2D eigenvalue weighted by molar-refractivity contribution is 6.33. The Hall–Kier alpha value is -3.27. The number of aryl methyl sites for hydroxylation is 1. The van der Waals surface area contributed by atoms with Crippen LogP contribution in [0.15, 0.2) is 41.1 Å². The van der Waals surface area contributed by atoms with Gasteiger partial charge in [-0.3, -0.25) is 4.79 Å². The fraction of sp³-hybridized carbons (Fsp3) is 0.118. The fourth-order valence-corrected chi connectivity index (χ4v) is 2.59. The van der Waals surface area contributed by atoms with E-state index in [0.717, 1.165) is 12.1 Å². The van der Waals surface area contributed by atoms with Crippen LogP contribution >= 0.6 is 11.6 Å². The van der Waals surface area contributed by atoms with E-state index in [9.17, 15) is 18.0 Å². The lowest BCUT2D eigenvalue weighted by Gasteiger charge is -2.13. The smallest absolute Gasteiger partial charge is 0.406 e. The van der Waals surface area contributed by atoms with Gasteiger partial charge in [0.25, 0.3) is 5.91 Å². The second-order valence-corrected chi connectivity index (χ2v) is 5.99. The molecule has 2 aromatic heterocycles. The molecule has 0 atom stereocenters. The molecule has 0 fully saturated rings. The van der Waals surface area contributed by atoms with Crippen LogP contribution in [-0.4, -0.2) is 22.4 Å². The lowest BCUT2D eigenvalue weighted by Crippen LogP contribution is -2.17. The maximum atomic E-state index is 12.4. The average Bonchev–Trinajstić information content (AvgIpc) is 3.02. The van der Waals surface area contributed by atoms with Crippen molar-refractivity contribution in [2.24, 2.45) is 0 Å². The van der Waals surface area contributed by atoms with Gasteiger partial charge in [0, 0.05) is 16.1 Å².